The molecule has 0 aliphatic carbocycles. The molecule has 0 aromatic heterocycles. The number of nitrogen functional groups attached to an aromatic ring is 1. The van der Waals surface area contributed by atoms with Crippen molar-refractivity contribution in [1.82, 2.24) is 0 Å². The molecule has 6 heteroatoms. The summed E-state index contributed by atoms with van der Waals surface area (Å²) in [6.07, 6.45) is 0. The van der Waals surface area contributed by atoms with Crippen molar-refractivity contribution < 1.29 is 4.79 Å². The fourth-order valence-corrected chi connectivity index (χ4v) is 2.42. The summed E-state index contributed by atoms with van der Waals surface area (Å²) in [5.74, 6) is -0.623. The molecule has 0 saturated carbocycles. The third kappa shape index (κ3) is 2.91. The predicted molar refractivity (Wildman–Crippen MR) is 83.6 cm³/mol. The van der Waals surface area contributed by atoms with Crippen LogP contribution in [0, 0.1) is 11.3 Å². The topological polar surface area (TPSA) is 96.1 Å². The fraction of sp³-hybridized carbons (Fsp3) is 0.0667. The zero-order valence-electron chi connectivity index (χ0n) is 11.3. The van der Waals surface area contributed by atoms with Crippen LogP contribution in [0.2, 0.25) is 5.02 Å². The Morgan fingerprint density at radius 3 is 2.67 bits per heavy atom. The van der Waals surface area contributed by atoms with E-state index in [-0.39, 0.29) is 5.56 Å². The minimum absolute atomic E-state index is 0.227. The largest absolute Gasteiger partial charge is 0.399 e. The molecule has 5 nitrogen and oxygen atoms in total. The second kappa shape index (κ2) is 5.73. The molecule has 4 N–H and O–H groups in total. The number of carbonyl (C=O) groups is 1. The number of hydrogen-bond donors (Lipinski definition) is 2. The van der Waals surface area contributed by atoms with E-state index in [4.69, 9.17) is 28.3 Å². The second-order valence-corrected chi connectivity index (χ2v) is 4.89. The van der Waals surface area contributed by atoms with Crippen LogP contribution in [0.25, 0.3) is 0 Å². The van der Waals surface area contributed by atoms with Crippen molar-refractivity contribution in [3.05, 3.63) is 52.5 Å². The van der Waals surface area contributed by atoms with Crippen molar-refractivity contribution in [3.63, 3.8) is 0 Å². The second-order valence-electron chi connectivity index (χ2n) is 4.48. The number of amides is 1. The highest BCUT2D eigenvalue weighted by molar-refractivity contribution is 6.34. The first-order valence-electron chi connectivity index (χ1n) is 6.06. The smallest absolute Gasteiger partial charge is 0.250 e. The van der Waals surface area contributed by atoms with Gasteiger partial charge in [-0.25, -0.2) is 0 Å². The van der Waals surface area contributed by atoms with E-state index in [2.05, 4.69) is 6.07 Å². The molecule has 0 atom stereocenters. The quantitative estimate of drug-likeness (QED) is 0.852. The summed E-state index contributed by atoms with van der Waals surface area (Å²) in [6, 6.07) is 12.0. The highest BCUT2D eigenvalue weighted by Crippen LogP contribution is 2.35. The standard InChI is InChI=1S/C15H13ClN4O/c1-20(11-4-2-3-9(5-11)8-17)14-12(15(19)21)6-10(18)7-13(14)16/h2-7H,18H2,1H3,(H2,19,21). The molecule has 0 aliphatic heterocycles. The Labute approximate surface area is 127 Å². The lowest BCUT2D eigenvalue weighted by atomic mass is 10.1. The molecule has 0 fully saturated rings. The summed E-state index contributed by atoms with van der Waals surface area (Å²) in [7, 11) is 1.74. The number of halogens is 1. The summed E-state index contributed by atoms with van der Waals surface area (Å²) in [6.45, 7) is 0. The number of benzene rings is 2. The molecule has 106 valence electrons. The molecule has 0 aliphatic rings. The Morgan fingerprint density at radius 2 is 2.05 bits per heavy atom. The summed E-state index contributed by atoms with van der Waals surface area (Å²) in [5, 5.41) is 9.28. The van der Waals surface area contributed by atoms with Crippen LogP contribution in [0.5, 0.6) is 0 Å². The lowest BCUT2D eigenvalue weighted by molar-refractivity contribution is 0.100. The SMILES string of the molecule is CN(c1cccc(C#N)c1)c1c(Cl)cc(N)cc1C(N)=O. The Kier molecular flexibility index (Phi) is 4.01. The Hall–Kier alpha value is -2.71. The molecular weight excluding hydrogens is 288 g/mol. The monoisotopic (exact) mass is 300 g/mol. The summed E-state index contributed by atoms with van der Waals surface area (Å²) in [5.41, 5.74) is 13.3. The molecular formula is C15H13ClN4O. The van der Waals surface area contributed by atoms with Gasteiger partial charge in [0.15, 0.2) is 0 Å². The van der Waals surface area contributed by atoms with E-state index in [1.165, 1.54) is 6.07 Å². The minimum atomic E-state index is -0.623. The van der Waals surface area contributed by atoms with Gasteiger partial charge in [0.05, 0.1) is 27.9 Å². The van der Waals surface area contributed by atoms with Crippen molar-refractivity contribution in [2.75, 3.05) is 17.7 Å². The number of primary amides is 1. The molecule has 2 aromatic carbocycles. The normalized spacial score (nSPS) is 9.95. The molecule has 21 heavy (non-hydrogen) atoms. The van der Waals surface area contributed by atoms with E-state index >= 15 is 0 Å². The summed E-state index contributed by atoms with van der Waals surface area (Å²) in [4.78, 5) is 13.3. The molecule has 0 spiro atoms. The van der Waals surface area contributed by atoms with E-state index in [9.17, 15) is 4.79 Å². The number of nitriles is 1. The lowest BCUT2D eigenvalue weighted by Gasteiger charge is -2.23. The molecule has 0 bridgehead atoms. The van der Waals surface area contributed by atoms with Crippen LogP contribution in [0.1, 0.15) is 15.9 Å². The lowest BCUT2D eigenvalue weighted by Crippen LogP contribution is -2.19. The van der Waals surface area contributed by atoms with Crippen LogP contribution in [-0.2, 0) is 0 Å². The van der Waals surface area contributed by atoms with Gasteiger partial charge in [-0.3, -0.25) is 4.79 Å². The third-order valence-electron chi connectivity index (χ3n) is 3.05. The molecule has 1 amide bonds. The Morgan fingerprint density at radius 1 is 1.33 bits per heavy atom. The molecule has 2 rings (SSSR count). The average molecular weight is 301 g/mol. The first-order valence-corrected chi connectivity index (χ1v) is 6.44. The zero-order valence-corrected chi connectivity index (χ0v) is 12.1. The van der Waals surface area contributed by atoms with Gasteiger partial charge in [-0.05, 0) is 30.3 Å². The molecule has 2 aromatic rings. The Bertz CT molecular complexity index is 752. The fourth-order valence-electron chi connectivity index (χ4n) is 2.06. The van der Waals surface area contributed by atoms with E-state index in [1.54, 1.807) is 42.3 Å². The molecule has 0 heterocycles. The van der Waals surface area contributed by atoms with Crippen molar-refractivity contribution in [2.45, 2.75) is 0 Å². The highest BCUT2D eigenvalue weighted by Gasteiger charge is 2.18. The maximum atomic E-state index is 11.6. The number of anilines is 3. The highest BCUT2D eigenvalue weighted by atomic mass is 35.5. The third-order valence-corrected chi connectivity index (χ3v) is 3.34. The van der Waals surface area contributed by atoms with Crippen LogP contribution >= 0.6 is 11.6 Å². The van der Waals surface area contributed by atoms with Crippen molar-refractivity contribution in [3.8, 4) is 6.07 Å². The predicted octanol–water partition coefficient (Wildman–Crippen LogP) is 2.66. The van der Waals surface area contributed by atoms with Gasteiger partial charge in [0, 0.05) is 18.4 Å². The van der Waals surface area contributed by atoms with E-state index in [0.717, 1.165) is 0 Å². The number of nitrogens with zero attached hydrogens (tertiary/aromatic N) is 2. The number of carbonyl (C=O) groups excluding carboxylic acids is 1. The maximum Gasteiger partial charge on any atom is 0.250 e. The van der Waals surface area contributed by atoms with Crippen LogP contribution < -0.4 is 16.4 Å². The van der Waals surface area contributed by atoms with Gasteiger partial charge in [0.2, 0.25) is 0 Å². The number of hydrogen-bond acceptors (Lipinski definition) is 4. The van der Waals surface area contributed by atoms with Gasteiger partial charge < -0.3 is 16.4 Å². The van der Waals surface area contributed by atoms with Crippen LogP contribution in [-0.4, -0.2) is 13.0 Å². The Balaban J connectivity index is 2.60. The molecule has 0 radical (unpaired) electrons. The van der Waals surface area contributed by atoms with Gasteiger partial charge in [0.1, 0.15) is 0 Å². The first kappa shape index (κ1) is 14.7. The van der Waals surface area contributed by atoms with Gasteiger partial charge in [-0.1, -0.05) is 17.7 Å². The van der Waals surface area contributed by atoms with E-state index < -0.39 is 5.91 Å². The summed E-state index contributed by atoms with van der Waals surface area (Å²) < 4.78 is 0. The van der Waals surface area contributed by atoms with Crippen molar-refractivity contribution in [1.29, 1.82) is 5.26 Å². The zero-order chi connectivity index (χ0) is 15.6. The van der Waals surface area contributed by atoms with Crippen LogP contribution in [0.4, 0.5) is 17.1 Å². The first-order chi connectivity index (χ1) is 9.93. The van der Waals surface area contributed by atoms with Gasteiger partial charge >= 0.3 is 0 Å². The van der Waals surface area contributed by atoms with Crippen LogP contribution in [0.3, 0.4) is 0 Å². The van der Waals surface area contributed by atoms with Gasteiger partial charge in [0.25, 0.3) is 5.91 Å². The molecule has 0 unspecified atom stereocenters. The van der Waals surface area contributed by atoms with E-state index in [0.29, 0.717) is 27.6 Å². The van der Waals surface area contributed by atoms with E-state index in [1.807, 2.05) is 0 Å². The number of rotatable bonds is 3. The van der Waals surface area contributed by atoms with Crippen molar-refractivity contribution in [2.24, 2.45) is 5.73 Å². The minimum Gasteiger partial charge on any atom is -0.399 e. The average Bonchev–Trinajstić information content (AvgIpc) is 2.45. The van der Waals surface area contributed by atoms with Crippen LogP contribution in [0.15, 0.2) is 36.4 Å². The maximum absolute atomic E-state index is 11.6. The molecule has 0 saturated heterocycles. The van der Waals surface area contributed by atoms with Gasteiger partial charge in [-0.2, -0.15) is 5.26 Å². The summed E-state index contributed by atoms with van der Waals surface area (Å²) >= 11 is 6.20. The van der Waals surface area contributed by atoms with Crippen molar-refractivity contribution >= 4 is 34.6 Å². The van der Waals surface area contributed by atoms with Gasteiger partial charge in [-0.15, -0.1) is 0 Å². The number of nitrogens with two attached hydrogens (primary N) is 2.